The van der Waals surface area contributed by atoms with Crippen molar-refractivity contribution in [2.45, 2.75) is 34.1 Å². The Kier molecular flexibility index (Phi) is 3.17. The Hall–Kier alpha value is -1.01. The van der Waals surface area contributed by atoms with E-state index < -0.39 is 0 Å². The van der Waals surface area contributed by atoms with Gasteiger partial charge in [0.2, 0.25) is 0 Å². The van der Waals surface area contributed by atoms with E-state index in [9.17, 15) is 4.79 Å². The van der Waals surface area contributed by atoms with Gasteiger partial charge in [0, 0.05) is 0 Å². The van der Waals surface area contributed by atoms with Crippen LogP contribution in [0.15, 0.2) is 17.4 Å². The second-order valence-electron chi connectivity index (χ2n) is 4.46. The minimum Gasteiger partial charge on any atom is -0.462 e. The molecule has 1 aliphatic rings. The van der Waals surface area contributed by atoms with Crippen LogP contribution in [0.1, 0.15) is 34.1 Å². The second-order valence-corrected chi connectivity index (χ2v) is 4.46. The summed E-state index contributed by atoms with van der Waals surface area (Å²) in [6.07, 6.45) is 3.18. The van der Waals surface area contributed by atoms with Crippen LogP contribution in [0.4, 0.5) is 0 Å². The van der Waals surface area contributed by atoms with Gasteiger partial charge in [-0.2, -0.15) is 0 Å². The molecule has 1 fully saturated rings. The van der Waals surface area contributed by atoms with Gasteiger partial charge in [-0.25, -0.2) is 4.79 Å². The normalized spacial score (nSPS) is 22.1. The van der Waals surface area contributed by atoms with Gasteiger partial charge in [-0.15, -0.1) is 5.73 Å². The van der Waals surface area contributed by atoms with Crippen molar-refractivity contribution < 1.29 is 9.53 Å². The molecule has 0 aromatic carbocycles. The molecule has 1 unspecified atom stereocenters. The van der Waals surface area contributed by atoms with Crippen molar-refractivity contribution >= 4 is 5.97 Å². The van der Waals surface area contributed by atoms with Crippen LogP contribution in [0.5, 0.6) is 0 Å². The monoisotopic (exact) mass is 194 g/mol. The van der Waals surface area contributed by atoms with E-state index >= 15 is 0 Å². The van der Waals surface area contributed by atoms with Gasteiger partial charge in [-0.05, 0) is 37.7 Å². The molecule has 0 N–H and O–H groups in total. The van der Waals surface area contributed by atoms with Gasteiger partial charge in [0.1, 0.15) is 0 Å². The smallest absolute Gasteiger partial charge is 0.341 e. The largest absolute Gasteiger partial charge is 0.462 e. The van der Waals surface area contributed by atoms with Gasteiger partial charge in [0.25, 0.3) is 0 Å². The maximum absolute atomic E-state index is 11.2. The highest BCUT2D eigenvalue weighted by molar-refractivity contribution is 5.87. The number of carbonyl (C=O) groups excluding carboxylic acids is 1. The highest BCUT2D eigenvalue weighted by atomic mass is 16.5. The zero-order chi connectivity index (χ0) is 10.8. The summed E-state index contributed by atoms with van der Waals surface area (Å²) >= 11 is 0. The zero-order valence-electron chi connectivity index (χ0n) is 9.39. The van der Waals surface area contributed by atoms with Crippen LogP contribution in [0.25, 0.3) is 0 Å². The summed E-state index contributed by atoms with van der Waals surface area (Å²) in [5, 5.41) is 0. The maximum atomic E-state index is 11.2. The Bertz CT molecular complexity index is 293. The molecule has 0 bridgehead atoms. The van der Waals surface area contributed by atoms with E-state index in [1.54, 1.807) is 13.8 Å². The van der Waals surface area contributed by atoms with Crippen molar-refractivity contribution in [3.05, 3.63) is 17.4 Å². The van der Waals surface area contributed by atoms with Crippen molar-refractivity contribution in [2.75, 3.05) is 6.61 Å². The molecule has 2 nitrogen and oxygen atoms in total. The lowest BCUT2D eigenvalue weighted by molar-refractivity contribution is -0.138. The zero-order valence-corrected chi connectivity index (χ0v) is 9.39. The maximum Gasteiger partial charge on any atom is 0.341 e. The van der Waals surface area contributed by atoms with Crippen LogP contribution in [-0.4, -0.2) is 12.6 Å². The molecule has 1 aliphatic carbocycles. The molecule has 78 valence electrons. The van der Waals surface area contributed by atoms with E-state index in [-0.39, 0.29) is 5.97 Å². The van der Waals surface area contributed by atoms with Crippen LogP contribution < -0.4 is 0 Å². The number of rotatable bonds is 3. The summed E-state index contributed by atoms with van der Waals surface area (Å²) in [5.41, 5.74) is 3.97. The molecule has 0 spiro atoms. The highest BCUT2D eigenvalue weighted by Gasteiger charge is 2.43. The third kappa shape index (κ3) is 2.74. The third-order valence-corrected chi connectivity index (χ3v) is 2.67. The number of hydrogen-bond acceptors (Lipinski definition) is 2. The predicted molar refractivity (Wildman–Crippen MR) is 55.8 cm³/mol. The minimum absolute atomic E-state index is 0.262. The molecule has 0 aromatic heterocycles. The molecule has 1 rings (SSSR count). The van der Waals surface area contributed by atoms with Crippen molar-refractivity contribution in [1.29, 1.82) is 0 Å². The standard InChI is InChI=1S/C12H18O2/c1-5-14-11(13)9(2)6-7-10-8-12(10,3)4/h7,10H,5,8H2,1-4H3. The molecule has 0 heterocycles. The Morgan fingerprint density at radius 3 is 2.64 bits per heavy atom. The summed E-state index contributed by atoms with van der Waals surface area (Å²) in [7, 11) is 0. The van der Waals surface area contributed by atoms with E-state index in [1.807, 2.05) is 6.08 Å². The summed E-state index contributed by atoms with van der Waals surface area (Å²) in [5.74, 6) is 0.314. The molecule has 2 heteroatoms. The first kappa shape index (κ1) is 11.1. The van der Waals surface area contributed by atoms with E-state index in [0.717, 1.165) is 0 Å². The molecular weight excluding hydrogens is 176 g/mol. The van der Waals surface area contributed by atoms with Crippen molar-refractivity contribution in [3.63, 3.8) is 0 Å². The summed E-state index contributed by atoms with van der Waals surface area (Å²) in [4.78, 5) is 11.2. The fourth-order valence-electron chi connectivity index (χ4n) is 1.32. The van der Waals surface area contributed by atoms with Crippen LogP contribution in [-0.2, 0) is 9.53 Å². The fourth-order valence-corrected chi connectivity index (χ4v) is 1.32. The highest BCUT2D eigenvalue weighted by Crippen LogP contribution is 2.52. The van der Waals surface area contributed by atoms with Crippen LogP contribution in [0.2, 0.25) is 0 Å². The number of esters is 1. The fraction of sp³-hybridized carbons (Fsp3) is 0.667. The number of ether oxygens (including phenoxy) is 1. The van der Waals surface area contributed by atoms with Gasteiger partial charge < -0.3 is 4.74 Å². The average molecular weight is 194 g/mol. The van der Waals surface area contributed by atoms with Gasteiger partial charge >= 0.3 is 5.97 Å². The minimum atomic E-state index is -0.262. The van der Waals surface area contributed by atoms with Gasteiger partial charge in [-0.3, -0.25) is 0 Å². The van der Waals surface area contributed by atoms with E-state index in [1.165, 1.54) is 6.42 Å². The van der Waals surface area contributed by atoms with E-state index in [4.69, 9.17) is 4.74 Å². The molecule has 0 aliphatic heterocycles. The van der Waals surface area contributed by atoms with Crippen molar-refractivity contribution in [3.8, 4) is 0 Å². The Morgan fingerprint density at radius 2 is 2.21 bits per heavy atom. The van der Waals surface area contributed by atoms with Gasteiger partial charge in [0.05, 0.1) is 12.2 Å². The number of carbonyl (C=O) groups is 1. The molecule has 1 atom stereocenters. The topological polar surface area (TPSA) is 26.3 Å². The molecule has 0 amide bonds. The van der Waals surface area contributed by atoms with Crippen LogP contribution >= 0.6 is 0 Å². The summed E-state index contributed by atoms with van der Waals surface area (Å²) in [6, 6.07) is 0. The third-order valence-electron chi connectivity index (χ3n) is 2.67. The van der Waals surface area contributed by atoms with Crippen LogP contribution in [0.3, 0.4) is 0 Å². The first-order valence-corrected chi connectivity index (χ1v) is 5.08. The predicted octanol–water partition coefficient (Wildman–Crippen LogP) is 2.70. The lowest BCUT2D eigenvalue weighted by Crippen LogP contribution is -2.04. The van der Waals surface area contributed by atoms with E-state index in [0.29, 0.717) is 23.5 Å². The molecule has 0 aromatic rings. The molecule has 0 saturated heterocycles. The van der Waals surface area contributed by atoms with Gasteiger partial charge in [0.15, 0.2) is 0 Å². The Labute approximate surface area is 85.6 Å². The quantitative estimate of drug-likeness (QED) is 0.392. The average Bonchev–Trinajstić information content (AvgIpc) is 2.70. The van der Waals surface area contributed by atoms with Crippen molar-refractivity contribution in [2.24, 2.45) is 11.3 Å². The lowest BCUT2D eigenvalue weighted by Gasteiger charge is -1.98. The summed E-state index contributed by atoms with van der Waals surface area (Å²) in [6.45, 7) is 8.40. The second kappa shape index (κ2) is 4.02. The molecule has 1 saturated carbocycles. The molecule has 14 heavy (non-hydrogen) atoms. The SMILES string of the molecule is CCOC(=O)C(C)=C=CC1CC1(C)C. The van der Waals surface area contributed by atoms with Gasteiger partial charge in [-0.1, -0.05) is 13.8 Å². The Balaban J connectivity index is 2.56. The molecule has 0 radical (unpaired) electrons. The first-order chi connectivity index (χ1) is 6.47. The molecular formula is C12H18O2. The number of hydrogen-bond donors (Lipinski definition) is 0. The summed E-state index contributed by atoms with van der Waals surface area (Å²) < 4.78 is 4.85. The first-order valence-electron chi connectivity index (χ1n) is 5.08. The van der Waals surface area contributed by atoms with Crippen LogP contribution in [0, 0.1) is 11.3 Å². The Morgan fingerprint density at radius 1 is 1.64 bits per heavy atom. The van der Waals surface area contributed by atoms with E-state index in [2.05, 4.69) is 19.6 Å². The van der Waals surface area contributed by atoms with Crippen molar-refractivity contribution in [1.82, 2.24) is 0 Å². The lowest BCUT2D eigenvalue weighted by atomic mass is 10.1.